The predicted molar refractivity (Wildman–Crippen MR) is 201 cm³/mol. The zero-order valence-electron chi connectivity index (χ0n) is 28.5. The maximum absolute atomic E-state index is 15.3. The molecule has 9 heteroatoms. The molecule has 1 saturated heterocycles. The number of phenols is 1. The molecular formula is C44H34BNO7. The molecule has 260 valence electrons. The number of anilines is 1. The first-order valence-electron chi connectivity index (χ1n) is 17.9. The van der Waals surface area contributed by atoms with Crippen LogP contribution < -0.4 is 10.4 Å². The van der Waals surface area contributed by atoms with Crippen molar-refractivity contribution in [3.05, 3.63) is 156 Å². The number of imide groups is 1. The van der Waals surface area contributed by atoms with Gasteiger partial charge >= 0.3 is 7.12 Å². The molecule has 53 heavy (non-hydrogen) atoms. The van der Waals surface area contributed by atoms with Crippen molar-refractivity contribution in [2.24, 2.45) is 23.7 Å². The van der Waals surface area contributed by atoms with E-state index in [1.54, 1.807) is 24.3 Å². The third kappa shape index (κ3) is 4.77. The van der Waals surface area contributed by atoms with Crippen molar-refractivity contribution < 1.29 is 34.3 Å². The summed E-state index contributed by atoms with van der Waals surface area (Å²) in [6.07, 6.45) is 3.77. The van der Waals surface area contributed by atoms with Gasteiger partial charge in [-0.05, 0) is 58.9 Å². The molecule has 0 aromatic heterocycles. The van der Waals surface area contributed by atoms with Crippen molar-refractivity contribution in [1.29, 1.82) is 0 Å². The molecule has 1 saturated carbocycles. The Hall–Kier alpha value is -5.90. The van der Waals surface area contributed by atoms with Gasteiger partial charge in [-0.1, -0.05) is 121 Å². The maximum atomic E-state index is 15.3. The molecule has 4 aliphatic rings. The van der Waals surface area contributed by atoms with Gasteiger partial charge in [0.05, 0.1) is 22.9 Å². The number of amides is 2. The van der Waals surface area contributed by atoms with Gasteiger partial charge in [-0.2, -0.15) is 0 Å². The van der Waals surface area contributed by atoms with E-state index in [1.165, 1.54) is 18.2 Å². The van der Waals surface area contributed by atoms with Gasteiger partial charge in [0.2, 0.25) is 11.8 Å². The van der Waals surface area contributed by atoms with Gasteiger partial charge in [-0.15, -0.1) is 0 Å². The standard InChI is InChI=1S/C44H34BNO7/c47-37-24-34(25-10-3-1-4-11-25)41(49)36-23-35-31(20-21-32-38(35)43(51)46(42(32)50)29-16-9-15-28(22-29)45(52)53)39(44(36,37)27-13-5-2-6-14-27)33-19-18-26-12-7-8-17-30(26)40(33)48/h1-20,22,24,32,35-36,38-39,48,52-53H,21,23H2/t32-,35+,36-,38-,39+,44-/m0/s1. The molecule has 5 aromatic carbocycles. The highest BCUT2D eigenvalue weighted by atomic mass is 16.4. The van der Waals surface area contributed by atoms with Crippen LogP contribution in [0.1, 0.15) is 35.4 Å². The number of benzene rings is 5. The van der Waals surface area contributed by atoms with E-state index in [-0.39, 0.29) is 41.3 Å². The number of allylic oxidation sites excluding steroid dienone is 4. The third-order valence-corrected chi connectivity index (χ3v) is 12.0. The lowest BCUT2D eigenvalue weighted by Gasteiger charge is -2.55. The molecule has 0 radical (unpaired) electrons. The van der Waals surface area contributed by atoms with Crippen molar-refractivity contribution in [3.63, 3.8) is 0 Å². The fraction of sp³-hybridized carbons (Fsp3) is 0.182. The van der Waals surface area contributed by atoms with E-state index in [9.17, 15) is 24.7 Å². The minimum Gasteiger partial charge on any atom is -0.507 e. The van der Waals surface area contributed by atoms with Gasteiger partial charge in [-0.25, -0.2) is 0 Å². The minimum atomic E-state index is -1.79. The van der Waals surface area contributed by atoms with Crippen LogP contribution in [-0.4, -0.2) is 45.7 Å². The van der Waals surface area contributed by atoms with Crippen molar-refractivity contribution in [1.82, 2.24) is 0 Å². The summed E-state index contributed by atoms with van der Waals surface area (Å²) in [5.74, 6) is -5.34. The Balaban J connectivity index is 1.28. The lowest BCUT2D eigenvalue weighted by atomic mass is 9.44. The van der Waals surface area contributed by atoms with E-state index in [0.29, 0.717) is 27.6 Å². The predicted octanol–water partition coefficient (Wildman–Crippen LogP) is 5.25. The second-order valence-electron chi connectivity index (χ2n) is 14.5. The van der Waals surface area contributed by atoms with E-state index < -0.39 is 53.9 Å². The Morgan fingerprint density at radius 3 is 2.21 bits per heavy atom. The molecule has 3 N–H and O–H groups in total. The van der Waals surface area contributed by atoms with Crippen LogP contribution >= 0.6 is 0 Å². The van der Waals surface area contributed by atoms with Crippen LogP contribution in [-0.2, 0) is 24.6 Å². The van der Waals surface area contributed by atoms with Gasteiger partial charge in [0, 0.05) is 28.4 Å². The van der Waals surface area contributed by atoms with Gasteiger partial charge in [0.25, 0.3) is 0 Å². The van der Waals surface area contributed by atoms with Crippen LogP contribution in [0.15, 0.2) is 139 Å². The van der Waals surface area contributed by atoms with Crippen LogP contribution in [0.5, 0.6) is 5.75 Å². The zero-order valence-corrected chi connectivity index (χ0v) is 28.5. The highest BCUT2D eigenvalue weighted by molar-refractivity contribution is 6.58. The maximum Gasteiger partial charge on any atom is 0.488 e. The molecule has 2 fully saturated rings. The number of rotatable bonds is 5. The molecule has 6 atom stereocenters. The highest BCUT2D eigenvalue weighted by Crippen LogP contribution is 2.64. The highest BCUT2D eigenvalue weighted by Gasteiger charge is 2.66. The number of Topliss-reactive ketones (excluding diaryl/α,β-unsaturated/α-hetero) is 1. The summed E-state index contributed by atoms with van der Waals surface area (Å²) in [5, 5.41) is 33.3. The molecular weight excluding hydrogens is 665 g/mol. The SMILES string of the molecule is O=C1C(c2ccccc2)=CC(=O)[C@@]2(c3ccccc3)[C@@H](c3ccc4ccccc4c3O)C3=CC[C@@H]4C(=O)N(c5cccc(B(O)O)c5)C(=O)[C@@H]4[C@@H]3C[C@@H]12. The Kier molecular flexibility index (Phi) is 7.69. The largest absolute Gasteiger partial charge is 0.507 e. The van der Waals surface area contributed by atoms with Crippen LogP contribution in [0.2, 0.25) is 0 Å². The number of phenolic OH excluding ortho intramolecular Hbond substituents is 1. The summed E-state index contributed by atoms with van der Waals surface area (Å²) in [6.45, 7) is 0. The summed E-state index contributed by atoms with van der Waals surface area (Å²) < 4.78 is 0. The number of nitrogens with zero attached hydrogens (tertiary/aromatic N) is 1. The van der Waals surface area contributed by atoms with Crippen molar-refractivity contribution in [3.8, 4) is 5.75 Å². The fourth-order valence-electron chi connectivity index (χ4n) is 9.80. The first kappa shape index (κ1) is 33.0. The Labute approximate surface area is 305 Å². The number of fused-ring (bicyclic) bond motifs is 5. The van der Waals surface area contributed by atoms with Crippen LogP contribution in [0.3, 0.4) is 0 Å². The van der Waals surface area contributed by atoms with Gasteiger partial charge < -0.3 is 15.2 Å². The average Bonchev–Trinajstić information content (AvgIpc) is 3.45. The van der Waals surface area contributed by atoms with Crippen molar-refractivity contribution in [2.45, 2.75) is 24.2 Å². The monoisotopic (exact) mass is 699 g/mol. The van der Waals surface area contributed by atoms with Crippen molar-refractivity contribution >= 4 is 58.0 Å². The quantitative estimate of drug-likeness (QED) is 0.130. The molecule has 0 bridgehead atoms. The third-order valence-electron chi connectivity index (χ3n) is 12.0. The number of carbonyl (C=O) groups excluding carboxylic acids is 4. The van der Waals surface area contributed by atoms with Crippen LogP contribution in [0.25, 0.3) is 16.3 Å². The number of hydrogen-bond acceptors (Lipinski definition) is 7. The van der Waals surface area contributed by atoms with E-state index >= 15 is 9.59 Å². The molecule has 9 rings (SSSR count). The molecule has 1 aliphatic heterocycles. The normalized spacial score (nSPS) is 26.5. The smallest absolute Gasteiger partial charge is 0.488 e. The zero-order chi connectivity index (χ0) is 36.6. The Morgan fingerprint density at radius 2 is 1.45 bits per heavy atom. The Bertz CT molecular complexity index is 2420. The van der Waals surface area contributed by atoms with E-state index in [4.69, 9.17) is 0 Å². The molecule has 5 aromatic rings. The number of aromatic hydroxyl groups is 1. The Morgan fingerprint density at radius 1 is 0.736 bits per heavy atom. The molecule has 8 nitrogen and oxygen atoms in total. The van der Waals surface area contributed by atoms with Gasteiger partial charge in [0.15, 0.2) is 11.6 Å². The van der Waals surface area contributed by atoms with Crippen molar-refractivity contribution in [2.75, 3.05) is 4.90 Å². The fourth-order valence-corrected chi connectivity index (χ4v) is 9.80. The van der Waals surface area contributed by atoms with Crippen LogP contribution in [0, 0.1) is 23.7 Å². The first-order chi connectivity index (χ1) is 25.7. The topological polar surface area (TPSA) is 132 Å². The molecule has 1 heterocycles. The van der Waals surface area contributed by atoms with E-state index in [1.807, 2.05) is 91.0 Å². The van der Waals surface area contributed by atoms with Crippen LogP contribution in [0.4, 0.5) is 5.69 Å². The van der Waals surface area contributed by atoms with Gasteiger partial charge in [0.1, 0.15) is 5.75 Å². The molecule has 0 unspecified atom stereocenters. The lowest BCUT2D eigenvalue weighted by molar-refractivity contribution is -0.135. The summed E-state index contributed by atoms with van der Waals surface area (Å²) in [7, 11) is -1.79. The summed E-state index contributed by atoms with van der Waals surface area (Å²) in [4.78, 5) is 60.4. The molecule has 2 amide bonds. The first-order valence-corrected chi connectivity index (χ1v) is 17.9. The van der Waals surface area contributed by atoms with Gasteiger partial charge in [-0.3, -0.25) is 24.1 Å². The number of hydrogen-bond donors (Lipinski definition) is 3. The van der Waals surface area contributed by atoms with E-state index in [2.05, 4.69) is 0 Å². The second-order valence-corrected chi connectivity index (χ2v) is 14.5. The second kappa shape index (κ2) is 12.4. The molecule has 0 spiro atoms. The number of carbonyl (C=O) groups is 4. The summed E-state index contributed by atoms with van der Waals surface area (Å²) >= 11 is 0. The molecule has 3 aliphatic carbocycles. The minimum absolute atomic E-state index is 0.00116. The lowest BCUT2D eigenvalue weighted by Crippen LogP contribution is -2.58. The number of ketones is 2. The summed E-state index contributed by atoms with van der Waals surface area (Å²) in [6, 6.07) is 35.6. The summed E-state index contributed by atoms with van der Waals surface area (Å²) in [5.41, 5.74) is 1.68. The average molecular weight is 700 g/mol. The van der Waals surface area contributed by atoms with E-state index in [0.717, 1.165) is 15.9 Å².